The van der Waals surface area contributed by atoms with E-state index in [0.29, 0.717) is 5.82 Å². The molecule has 0 spiro atoms. The van der Waals surface area contributed by atoms with Crippen molar-refractivity contribution in [2.45, 2.75) is 19.3 Å². The van der Waals surface area contributed by atoms with Gasteiger partial charge in [-0.25, -0.2) is 9.97 Å². The largest absolute Gasteiger partial charge is 0.255 e. The number of thiophene rings is 1. The van der Waals surface area contributed by atoms with Gasteiger partial charge in [0.15, 0.2) is 5.82 Å². The molecule has 52 heavy (non-hydrogen) atoms. The summed E-state index contributed by atoms with van der Waals surface area (Å²) in [6, 6.07) is 56.3. The number of pyridine rings is 1. The van der Waals surface area contributed by atoms with Crippen LogP contribution in [-0.4, -0.2) is 15.0 Å². The Bertz CT molecular complexity index is 2760. The van der Waals surface area contributed by atoms with Crippen LogP contribution in [0.15, 0.2) is 164 Å². The summed E-state index contributed by atoms with van der Waals surface area (Å²) in [5, 5.41) is 1.19. The van der Waals surface area contributed by atoms with E-state index in [1.54, 1.807) is 11.3 Å². The molecule has 4 heteroatoms. The summed E-state index contributed by atoms with van der Waals surface area (Å²) < 4.78 is 2.42. The van der Waals surface area contributed by atoms with Gasteiger partial charge >= 0.3 is 0 Å². The molecule has 10 rings (SSSR count). The number of hydrogen-bond acceptors (Lipinski definition) is 4. The summed E-state index contributed by atoms with van der Waals surface area (Å²) >= 11 is 1.80. The van der Waals surface area contributed by atoms with Crippen LogP contribution in [0.4, 0.5) is 0 Å². The lowest BCUT2D eigenvalue weighted by atomic mass is 9.82. The SMILES string of the molecule is CC1(C)c2ccccc2-c2cc(-c3cc(-c4nc(-c5ccccc5)cc(-c5ccccc5)n4)cc(-c4ccnc5c4sc4ccccc45)c3)ccc21. The Kier molecular flexibility index (Phi) is 7.02. The fourth-order valence-corrected chi connectivity index (χ4v) is 9.10. The summed E-state index contributed by atoms with van der Waals surface area (Å²) in [6.07, 6.45) is 1.94. The molecule has 0 bridgehead atoms. The average Bonchev–Trinajstić information content (AvgIpc) is 3.70. The minimum absolute atomic E-state index is 0.0547. The Balaban J connectivity index is 1.23. The Morgan fingerprint density at radius 1 is 0.462 bits per heavy atom. The van der Waals surface area contributed by atoms with E-state index in [4.69, 9.17) is 15.0 Å². The van der Waals surface area contributed by atoms with Gasteiger partial charge in [-0.05, 0) is 81.4 Å². The molecular formula is C48H33N3S. The number of aromatic nitrogens is 3. The molecule has 9 aromatic rings. The Morgan fingerprint density at radius 2 is 1.10 bits per heavy atom. The second-order valence-electron chi connectivity index (χ2n) is 14.1. The van der Waals surface area contributed by atoms with Crippen LogP contribution in [0.1, 0.15) is 25.0 Å². The summed E-state index contributed by atoms with van der Waals surface area (Å²) in [5.41, 5.74) is 15.8. The molecule has 0 amide bonds. The van der Waals surface area contributed by atoms with Crippen molar-refractivity contribution < 1.29 is 0 Å². The highest BCUT2D eigenvalue weighted by molar-refractivity contribution is 7.26. The van der Waals surface area contributed by atoms with Gasteiger partial charge in [0.05, 0.1) is 21.6 Å². The fourth-order valence-electron chi connectivity index (χ4n) is 7.90. The van der Waals surface area contributed by atoms with Crippen molar-refractivity contribution in [3.63, 3.8) is 0 Å². The molecule has 0 radical (unpaired) electrons. The molecule has 3 aromatic heterocycles. The lowest BCUT2D eigenvalue weighted by Gasteiger charge is -2.21. The standard InChI is InChI=1S/C48H33N3S/c1-48(2)40-19-11-9-17-37(40)39-28-32(21-22-41(39)48)33-25-34(36-23-24-49-45-38-18-10-12-20-44(38)52-46(36)45)27-35(26-33)47-50-42(30-13-5-3-6-14-30)29-43(51-47)31-15-7-4-8-16-31/h3-29H,1-2H3. The molecule has 0 aliphatic heterocycles. The molecule has 3 heterocycles. The molecule has 0 unspecified atom stereocenters. The van der Waals surface area contributed by atoms with Crippen molar-refractivity contribution in [3.05, 3.63) is 175 Å². The van der Waals surface area contributed by atoms with Gasteiger partial charge in [-0.15, -0.1) is 11.3 Å². The number of fused-ring (bicyclic) bond motifs is 6. The van der Waals surface area contributed by atoms with Crippen molar-refractivity contribution in [2.24, 2.45) is 0 Å². The van der Waals surface area contributed by atoms with Crippen molar-refractivity contribution in [1.29, 1.82) is 0 Å². The first-order valence-electron chi connectivity index (χ1n) is 17.7. The lowest BCUT2D eigenvalue weighted by molar-refractivity contribution is 0.660. The maximum atomic E-state index is 5.25. The predicted octanol–water partition coefficient (Wildman–Crippen LogP) is 12.9. The molecule has 0 fully saturated rings. The number of hydrogen-bond donors (Lipinski definition) is 0. The van der Waals surface area contributed by atoms with Gasteiger partial charge in [-0.2, -0.15) is 0 Å². The van der Waals surface area contributed by atoms with Crippen molar-refractivity contribution in [1.82, 2.24) is 15.0 Å². The predicted molar refractivity (Wildman–Crippen MR) is 217 cm³/mol. The van der Waals surface area contributed by atoms with E-state index in [2.05, 4.69) is 159 Å². The monoisotopic (exact) mass is 683 g/mol. The molecule has 6 aromatic carbocycles. The maximum absolute atomic E-state index is 5.25. The molecule has 246 valence electrons. The number of rotatable bonds is 5. The topological polar surface area (TPSA) is 38.7 Å². The van der Waals surface area contributed by atoms with Gasteiger partial charge in [0, 0.05) is 44.0 Å². The molecule has 1 aliphatic rings. The normalized spacial score (nSPS) is 13.0. The second kappa shape index (κ2) is 11.9. The van der Waals surface area contributed by atoms with Gasteiger partial charge in [0.2, 0.25) is 0 Å². The zero-order valence-corrected chi connectivity index (χ0v) is 29.7. The third kappa shape index (κ3) is 4.98. The third-order valence-electron chi connectivity index (χ3n) is 10.5. The quantitative estimate of drug-likeness (QED) is 0.181. The minimum Gasteiger partial charge on any atom is -0.255 e. The minimum atomic E-state index is -0.0547. The summed E-state index contributed by atoms with van der Waals surface area (Å²) in [6.45, 7) is 4.66. The lowest BCUT2D eigenvalue weighted by Crippen LogP contribution is -2.14. The van der Waals surface area contributed by atoms with Crippen LogP contribution in [-0.2, 0) is 5.41 Å². The molecule has 0 saturated carbocycles. The molecule has 0 atom stereocenters. The van der Waals surface area contributed by atoms with Gasteiger partial charge in [0.1, 0.15) is 0 Å². The van der Waals surface area contributed by atoms with Crippen LogP contribution >= 0.6 is 11.3 Å². The van der Waals surface area contributed by atoms with E-state index in [9.17, 15) is 0 Å². The first-order valence-corrected chi connectivity index (χ1v) is 18.5. The molecule has 3 nitrogen and oxygen atoms in total. The van der Waals surface area contributed by atoms with Crippen LogP contribution < -0.4 is 0 Å². The van der Waals surface area contributed by atoms with E-state index in [-0.39, 0.29) is 5.41 Å². The number of benzene rings is 6. The Labute approximate surface area is 307 Å². The van der Waals surface area contributed by atoms with Gasteiger partial charge in [-0.1, -0.05) is 129 Å². The zero-order chi connectivity index (χ0) is 34.8. The van der Waals surface area contributed by atoms with E-state index >= 15 is 0 Å². The molecular weight excluding hydrogens is 651 g/mol. The van der Waals surface area contributed by atoms with Crippen LogP contribution in [0.2, 0.25) is 0 Å². The molecule has 0 N–H and O–H groups in total. The molecule has 0 saturated heterocycles. The van der Waals surface area contributed by atoms with Gasteiger partial charge < -0.3 is 0 Å². The summed E-state index contributed by atoms with van der Waals surface area (Å²) in [7, 11) is 0. The average molecular weight is 684 g/mol. The van der Waals surface area contributed by atoms with Crippen molar-refractivity contribution >= 4 is 31.6 Å². The van der Waals surface area contributed by atoms with E-state index < -0.39 is 0 Å². The smallest absolute Gasteiger partial charge is 0.160 e. The van der Waals surface area contributed by atoms with Crippen LogP contribution in [0.3, 0.4) is 0 Å². The first kappa shape index (κ1) is 30.6. The van der Waals surface area contributed by atoms with E-state index in [0.717, 1.165) is 50.3 Å². The highest BCUT2D eigenvalue weighted by Crippen LogP contribution is 2.50. The van der Waals surface area contributed by atoms with Crippen LogP contribution in [0.25, 0.3) is 87.6 Å². The Morgan fingerprint density at radius 3 is 1.87 bits per heavy atom. The third-order valence-corrected chi connectivity index (χ3v) is 11.7. The van der Waals surface area contributed by atoms with Crippen molar-refractivity contribution in [3.8, 4) is 67.3 Å². The fraction of sp³-hybridized carbons (Fsp3) is 0.0625. The highest BCUT2D eigenvalue weighted by atomic mass is 32.1. The first-order chi connectivity index (χ1) is 25.5. The van der Waals surface area contributed by atoms with E-state index in [1.807, 2.05) is 18.3 Å². The van der Waals surface area contributed by atoms with Crippen LogP contribution in [0.5, 0.6) is 0 Å². The highest BCUT2D eigenvalue weighted by Gasteiger charge is 2.35. The Hall–Kier alpha value is -6.23. The zero-order valence-electron chi connectivity index (χ0n) is 28.8. The van der Waals surface area contributed by atoms with Crippen LogP contribution in [0, 0.1) is 0 Å². The maximum Gasteiger partial charge on any atom is 0.160 e. The van der Waals surface area contributed by atoms with E-state index in [1.165, 1.54) is 42.6 Å². The second-order valence-corrected chi connectivity index (χ2v) is 15.1. The molecule has 1 aliphatic carbocycles. The number of nitrogens with zero attached hydrogens (tertiary/aromatic N) is 3. The van der Waals surface area contributed by atoms with Crippen molar-refractivity contribution in [2.75, 3.05) is 0 Å². The summed E-state index contributed by atoms with van der Waals surface area (Å²) in [4.78, 5) is 15.4. The van der Waals surface area contributed by atoms with Gasteiger partial charge in [-0.3, -0.25) is 4.98 Å². The summed E-state index contributed by atoms with van der Waals surface area (Å²) in [5.74, 6) is 0.692. The van der Waals surface area contributed by atoms with Gasteiger partial charge in [0.25, 0.3) is 0 Å².